The minimum absolute atomic E-state index is 0.00376. The molecule has 1 fully saturated rings. The van der Waals surface area contributed by atoms with Crippen LogP contribution in [0.2, 0.25) is 0 Å². The number of esters is 1. The molecular weight excluding hydrogens is 258 g/mol. The van der Waals surface area contributed by atoms with E-state index in [2.05, 4.69) is 5.32 Å². The molecule has 3 unspecified atom stereocenters. The molecule has 3 atom stereocenters. The summed E-state index contributed by atoms with van der Waals surface area (Å²) in [5.41, 5.74) is -0.684. The molecule has 0 aromatic rings. The lowest BCUT2D eigenvalue weighted by Crippen LogP contribution is -2.52. The highest BCUT2D eigenvalue weighted by molar-refractivity contribution is 5.80. The second kappa shape index (κ2) is 8.60. The third-order valence-corrected chi connectivity index (χ3v) is 3.63. The molecule has 1 N–H and O–H groups in total. The molecule has 0 amide bonds. The van der Waals surface area contributed by atoms with Crippen molar-refractivity contribution in [3.63, 3.8) is 0 Å². The summed E-state index contributed by atoms with van der Waals surface area (Å²) >= 11 is 0. The van der Waals surface area contributed by atoms with Crippen LogP contribution < -0.4 is 5.32 Å². The maximum atomic E-state index is 12.1. The number of likely N-dealkylation sites (N-methyl/N-ethyl adjacent to an activating group) is 1. The van der Waals surface area contributed by atoms with Crippen LogP contribution in [-0.2, 0) is 19.0 Å². The molecule has 1 aliphatic heterocycles. The van der Waals surface area contributed by atoms with Crippen molar-refractivity contribution in [1.82, 2.24) is 5.32 Å². The zero-order valence-electron chi connectivity index (χ0n) is 13.2. The van der Waals surface area contributed by atoms with Gasteiger partial charge in [-0.05, 0) is 33.7 Å². The van der Waals surface area contributed by atoms with Crippen molar-refractivity contribution in [3.8, 4) is 0 Å². The lowest BCUT2D eigenvalue weighted by molar-refractivity contribution is -0.152. The molecule has 1 rings (SSSR count). The SMILES string of the molecule is CCNC(C)(CC(C)OCC1CCOC1)C(=O)OCC. The Bertz CT molecular complexity index is 292. The second-order valence-corrected chi connectivity index (χ2v) is 5.66. The lowest BCUT2D eigenvalue weighted by atomic mass is 9.94. The third kappa shape index (κ3) is 5.38. The fraction of sp³-hybridized carbons (Fsp3) is 0.933. The van der Waals surface area contributed by atoms with Crippen molar-refractivity contribution in [3.05, 3.63) is 0 Å². The molecule has 0 aliphatic carbocycles. The van der Waals surface area contributed by atoms with Gasteiger partial charge in [-0.15, -0.1) is 0 Å². The number of nitrogens with one attached hydrogen (secondary N) is 1. The monoisotopic (exact) mass is 287 g/mol. The van der Waals surface area contributed by atoms with Crippen LogP contribution in [0.4, 0.5) is 0 Å². The summed E-state index contributed by atoms with van der Waals surface area (Å²) in [4.78, 5) is 12.1. The van der Waals surface area contributed by atoms with Crippen LogP contribution in [0.1, 0.15) is 40.5 Å². The van der Waals surface area contributed by atoms with E-state index >= 15 is 0 Å². The molecule has 5 nitrogen and oxygen atoms in total. The van der Waals surface area contributed by atoms with Crippen molar-refractivity contribution in [2.75, 3.05) is 33.0 Å². The summed E-state index contributed by atoms with van der Waals surface area (Å²) in [6, 6.07) is 0. The van der Waals surface area contributed by atoms with E-state index < -0.39 is 5.54 Å². The van der Waals surface area contributed by atoms with Gasteiger partial charge in [0.05, 0.1) is 25.9 Å². The molecule has 1 heterocycles. The average molecular weight is 287 g/mol. The quantitative estimate of drug-likeness (QED) is 0.655. The maximum Gasteiger partial charge on any atom is 0.326 e. The number of hydrogen-bond donors (Lipinski definition) is 1. The second-order valence-electron chi connectivity index (χ2n) is 5.66. The normalized spacial score (nSPS) is 23.3. The Balaban J connectivity index is 2.44. The molecule has 5 heteroatoms. The van der Waals surface area contributed by atoms with Crippen molar-refractivity contribution in [2.45, 2.75) is 52.2 Å². The Labute approximate surface area is 122 Å². The molecule has 1 aliphatic rings. The fourth-order valence-corrected chi connectivity index (χ4v) is 2.56. The van der Waals surface area contributed by atoms with E-state index in [1.165, 1.54) is 0 Å². The number of carbonyl (C=O) groups excluding carboxylic acids is 1. The first-order valence-corrected chi connectivity index (χ1v) is 7.63. The van der Waals surface area contributed by atoms with Gasteiger partial charge in [-0.1, -0.05) is 6.92 Å². The van der Waals surface area contributed by atoms with E-state index in [-0.39, 0.29) is 12.1 Å². The van der Waals surface area contributed by atoms with Crippen molar-refractivity contribution >= 4 is 5.97 Å². The van der Waals surface area contributed by atoms with E-state index in [9.17, 15) is 4.79 Å². The number of rotatable bonds is 9. The van der Waals surface area contributed by atoms with E-state index in [0.717, 1.165) is 26.2 Å². The van der Waals surface area contributed by atoms with Crippen LogP contribution in [0.15, 0.2) is 0 Å². The van der Waals surface area contributed by atoms with Gasteiger partial charge in [0.25, 0.3) is 0 Å². The van der Waals surface area contributed by atoms with Crippen LogP contribution in [-0.4, -0.2) is 50.6 Å². The predicted octanol–water partition coefficient (Wildman–Crippen LogP) is 1.75. The highest BCUT2D eigenvalue weighted by atomic mass is 16.5. The minimum Gasteiger partial charge on any atom is -0.465 e. The number of hydrogen-bond acceptors (Lipinski definition) is 5. The first-order chi connectivity index (χ1) is 9.51. The van der Waals surface area contributed by atoms with E-state index in [0.29, 0.717) is 25.6 Å². The van der Waals surface area contributed by atoms with Gasteiger partial charge in [-0.3, -0.25) is 4.79 Å². The Kier molecular flexibility index (Phi) is 7.48. The molecule has 0 spiro atoms. The molecule has 0 radical (unpaired) electrons. The minimum atomic E-state index is -0.684. The molecule has 0 aromatic heterocycles. The molecule has 20 heavy (non-hydrogen) atoms. The summed E-state index contributed by atoms with van der Waals surface area (Å²) in [5.74, 6) is 0.284. The highest BCUT2D eigenvalue weighted by Crippen LogP contribution is 2.19. The standard InChI is InChI=1S/C15H29NO4/c1-5-16-15(4,14(17)19-6-2)9-12(3)20-11-13-7-8-18-10-13/h12-13,16H,5-11H2,1-4H3. The van der Waals surface area contributed by atoms with E-state index in [4.69, 9.17) is 14.2 Å². The Morgan fingerprint density at radius 1 is 1.50 bits per heavy atom. The Hall–Kier alpha value is -0.650. The zero-order chi connectivity index (χ0) is 15.0. The van der Waals surface area contributed by atoms with Gasteiger partial charge in [0.1, 0.15) is 5.54 Å². The van der Waals surface area contributed by atoms with Crippen LogP contribution in [0.25, 0.3) is 0 Å². The predicted molar refractivity (Wildman–Crippen MR) is 77.7 cm³/mol. The molecule has 118 valence electrons. The maximum absolute atomic E-state index is 12.1. The van der Waals surface area contributed by atoms with Crippen LogP contribution in [0.3, 0.4) is 0 Å². The third-order valence-electron chi connectivity index (χ3n) is 3.63. The summed E-state index contributed by atoms with van der Waals surface area (Å²) in [6.07, 6.45) is 1.67. The van der Waals surface area contributed by atoms with Gasteiger partial charge in [-0.25, -0.2) is 0 Å². The van der Waals surface area contributed by atoms with Gasteiger partial charge >= 0.3 is 5.97 Å². The van der Waals surface area contributed by atoms with Gasteiger partial charge < -0.3 is 19.5 Å². The zero-order valence-corrected chi connectivity index (χ0v) is 13.2. The number of carbonyl (C=O) groups is 1. The molecule has 0 bridgehead atoms. The Morgan fingerprint density at radius 3 is 2.80 bits per heavy atom. The van der Waals surface area contributed by atoms with Gasteiger partial charge in [0.15, 0.2) is 0 Å². The van der Waals surface area contributed by atoms with Gasteiger partial charge in [0, 0.05) is 18.9 Å². The summed E-state index contributed by atoms with van der Waals surface area (Å²) in [7, 11) is 0. The van der Waals surface area contributed by atoms with Crippen LogP contribution in [0, 0.1) is 5.92 Å². The van der Waals surface area contributed by atoms with Gasteiger partial charge in [0.2, 0.25) is 0 Å². The largest absolute Gasteiger partial charge is 0.465 e. The molecular formula is C15H29NO4. The van der Waals surface area contributed by atoms with Crippen molar-refractivity contribution in [2.24, 2.45) is 5.92 Å². The first kappa shape index (κ1) is 17.4. The topological polar surface area (TPSA) is 56.8 Å². The highest BCUT2D eigenvalue weighted by Gasteiger charge is 2.35. The summed E-state index contributed by atoms with van der Waals surface area (Å²) < 4.78 is 16.4. The number of ether oxygens (including phenoxy) is 3. The smallest absolute Gasteiger partial charge is 0.326 e. The fourth-order valence-electron chi connectivity index (χ4n) is 2.56. The lowest BCUT2D eigenvalue weighted by Gasteiger charge is -2.31. The molecule has 0 saturated carbocycles. The van der Waals surface area contributed by atoms with Crippen LogP contribution >= 0.6 is 0 Å². The van der Waals surface area contributed by atoms with E-state index in [1.54, 1.807) is 0 Å². The summed E-state index contributed by atoms with van der Waals surface area (Å²) in [6.45, 7) is 11.1. The average Bonchev–Trinajstić information content (AvgIpc) is 2.90. The molecule has 0 aromatic carbocycles. The first-order valence-electron chi connectivity index (χ1n) is 7.63. The van der Waals surface area contributed by atoms with Crippen molar-refractivity contribution < 1.29 is 19.0 Å². The Morgan fingerprint density at radius 2 is 2.25 bits per heavy atom. The van der Waals surface area contributed by atoms with Crippen molar-refractivity contribution in [1.29, 1.82) is 0 Å². The summed E-state index contributed by atoms with van der Waals surface area (Å²) in [5, 5.41) is 3.22. The molecule has 1 saturated heterocycles. The van der Waals surface area contributed by atoms with E-state index in [1.807, 2.05) is 27.7 Å². The van der Waals surface area contributed by atoms with Gasteiger partial charge in [-0.2, -0.15) is 0 Å². The van der Waals surface area contributed by atoms with Crippen LogP contribution in [0.5, 0.6) is 0 Å².